The van der Waals surface area contributed by atoms with Gasteiger partial charge in [-0.15, -0.1) is 0 Å². The summed E-state index contributed by atoms with van der Waals surface area (Å²) in [6, 6.07) is 17.6. The van der Waals surface area contributed by atoms with Crippen LogP contribution in [0.3, 0.4) is 0 Å². The van der Waals surface area contributed by atoms with E-state index < -0.39 is 0 Å². The number of benzene rings is 2. The largest absolute Gasteiger partial charge is 0.159 e. The smallest absolute Gasteiger partial charge is 0.0568 e. The summed E-state index contributed by atoms with van der Waals surface area (Å²) in [5, 5.41) is 8.46. The summed E-state index contributed by atoms with van der Waals surface area (Å²) >= 11 is 0. The van der Waals surface area contributed by atoms with Crippen molar-refractivity contribution in [3.05, 3.63) is 70.8 Å². The molecule has 0 atom stereocenters. The molecule has 0 heterocycles. The summed E-state index contributed by atoms with van der Waals surface area (Å²) in [6.07, 6.45) is 16.9. The van der Waals surface area contributed by atoms with Crippen molar-refractivity contribution in [2.75, 3.05) is 0 Å². The maximum atomic E-state index is 4.23. The van der Waals surface area contributed by atoms with Crippen molar-refractivity contribution < 1.29 is 0 Å². The molecule has 0 N–H and O–H groups in total. The van der Waals surface area contributed by atoms with E-state index in [-0.39, 0.29) is 0 Å². The lowest BCUT2D eigenvalue weighted by Gasteiger charge is -2.26. The first-order chi connectivity index (χ1) is 14.7. The van der Waals surface area contributed by atoms with Crippen molar-refractivity contribution in [2.45, 2.75) is 84.0 Å². The van der Waals surface area contributed by atoms with Crippen LogP contribution in [0.1, 0.15) is 99.8 Å². The lowest BCUT2D eigenvalue weighted by atomic mass is 9.79. The van der Waals surface area contributed by atoms with Crippen LogP contribution in [0.15, 0.2) is 58.7 Å². The second-order valence-electron chi connectivity index (χ2n) is 9.02. The van der Waals surface area contributed by atoms with E-state index in [9.17, 15) is 0 Å². The van der Waals surface area contributed by atoms with Crippen LogP contribution in [0.4, 0.5) is 0 Å². The molecule has 1 aliphatic rings. The highest BCUT2D eigenvalue weighted by atomic mass is 15.2. The first-order valence-corrected chi connectivity index (χ1v) is 12.0. The molecule has 0 aromatic heterocycles. The van der Waals surface area contributed by atoms with Gasteiger partial charge in [-0.2, -0.15) is 10.2 Å². The summed E-state index contributed by atoms with van der Waals surface area (Å²) in [5.74, 6) is 1.64. The molecular formula is C28H38N2. The number of rotatable bonds is 10. The molecular weight excluding hydrogens is 364 g/mol. The molecule has 0 radical (unpaired) electrons. The average Bonchev–Trinajstić information content (AvgIpc) is 2.78. The third kappa shape index (κ3) is 7.55. The molecule has 1 saturated carbocycles. The third-order valence-electron chi connectivity index (χ3n) is 6.45. The fourth-order valence-corrected chi connectivity index (χ4v) is 4.35. The van der Waals surface area contributed by atoms with Crippen molar-refractivity contribution in [1.82, 2.24) is 0 Å². The van der Waals surface area contributed by atoms with Crippen molar-refractivity contribution >= 4 is 12.4 Å². The van der Waals surface area contributed by atoms with Gasteiger partial charge >= 0.3 is 0 Å². The monoisotopic (exact) mass is 402 g/mol. The van der Waals surface area contributed by atoms with E-state index in [4.69, 9.17) is 0 Å². The fourth-order valence-electron chi connectivity index (χ4n) is 4.35. The van der Waals surface area contributed by atoms with Crippen LogP contribution >= 0.6 is 0 Å². The molecule has 160 valence electrons. The van der Waals surface area contributed by atoms with Crippen molar-refractivity contribution in [3.8, 4) is 0 Å². The highest BCUT2D eigenvalue weighted by Crippen LogP contribution is 2.35. The standard InChI is InChI=1S/C28H38N2/c1-3-4-5-6-7-8-24-11-13-25(14-12-24)21-29-30-22-26-15-19-28(20-16-26)27-17-9-23(2)10-18-27/h11-16,19-23,27H,3-10,17-18H2,1-2H3/t23-,27-. The maximum absolute atomic E-state index is 4.23. The second kappa shape index (κ2) is 12.5. The van der Waals surface area contributed by atoms with Gasteiger partial charge in [0.2, 0.25) is 0 Å². The number of unbranched alkanes of at least 4 members (excludes halogenated alkanes) is 4. The molecule has 0 unspecified atom stereocenters. The van der Waals surface area contributed by atoms with Gasteiger partial charge in [0.15, 0.2) is 0 Å². The lowest BCUT2D eigenvalue weighted by molar-refractivity contribution is 0.348. The Morgan fingerprint density at radius 2 is 1.30 bits per heavy atom. The topological polar surface area (TPSA) is 24.7 Å². The molecule has 0 aliphatic heterocycles. The van der Waals surface area contributed by atoms with E-state index in [1.165, 1.54) is 75.3 Å². The predicted octanol–water partition coefficient (Wildman–Crippen LogP) is 7.95. The molecule has 2 nitrogen and oxygen atoms in total. The summed E-state index contributed by atoms with van der Waals surface area (Å²) < 4.78 is 0. The molecule has 2 aromatic carbocycles. The Kier molecular flexibility index (Phi) is 9.34. The molecule has 30 heavy (non-hydrogen) atoms. The molecule has 2 heteroatoms. The van der Waals surface area contributed by atoms with Crippen molar-refractivity contribution in [3.63, 3.8) is 0 Å². The minimum absolute atomic E-state index is 0.740. The van der Waals surface area contributed by atoms with Crippen molar-refractivity contribution in [2.24, 2.45) is 16.1 Å². The number of hydrogen-bond donors (Lipinski definition) is 0. The van der Waals surface area contributed by atoms with Crippen molar-refractivity contribution in [1.29, 1.82) is 0 Å². The highest BCUT2D eigenvalue weighted by Gasteiger charge is 2.19. The van der Waals surface area contributed by atoms with E-state index in [0.29, 0.717) is 0 Å². The van der Waals surface area contributed by atoms with Gasteiger partial charge in [0.05, 0.1) is 12.4 Å². The summed E-state index contributed by atoms with van der Waals surface area (Å²) in [5.41, 5.74) is 5.11. The Morgan fingerprint density at radius 3 is 1.90 bits per heavy atom. The Balaban J connectivity index is 1.43. The highest BCUT2D eigenvalue weighted by molar-refractivity contribution is 5.82. The number of nitrogens with zero attached hydrogens (tertiary/aromatic N) is 2. The second-order valence-corrected chi connectivity index (χ2v) is 9.02. The zero-order valence-electron chi connectivity index (χ0n) is 18.9. The number of hydrogen-bond acceptors (Lipinski definition) is 2. The first kappa shape index (κ1) is 22.5. The fraction of sp³-hybridized carbons (Fsp3) is 0.500. The van der Waals surface area contributed by atoms with Gasteiger partial charge in [-0.25, -0.2) is 0 Å². The summed E-state index contributed by atoms with van der Waals surface area (Å²) in [7, 11) is 0. The van der Waals surface area contributed by atoms with Crippen LogP contribution in [-0.4, -0.2) is 12.4 Å². The average molecular weight is 403 g/mol. The lowest BCUT2D eigenvalue weighted by Crippen LogP contribution is -2.10. The van der Waals surface area contributed by atoms with Gasteiger partial charge in [0.25, 0.3) is 0 Å². The van der Waals surface area contributed by atoms with E-state index in [0.717, 1.165) is 23.0 Å². The van der Waals surface area contributed by atoms with Crippen LogP contribution in [0.2, 0.25) is 0 Å². The Morgan fingerprint density at radius 1 is 0.733 bits per heavy atom. The molecule has 2 aromatic rings. The normalized spacial score (nSPS) is 19.7. The van der Waals surface area contributed by atoms with Gasteiger partial charge in [-0.3, -0.25) is 0 Å². The molecule has 1 fully saturated rings. The molecule has 0 amide bonds. The molecule has 0 bridgehead atoms. The van der Waals surface area contributed by atoms with Gasteiger partial charge in [-0.1, -0.05) is 101 Å². The van der Waals surface area contributed by atoms with Gasteiger partial charge in [0.1, 0.15) is 0 Å². The Labute approximate surface area is 183 Å². The maximum Gasteiger partial charge on any atom is 0.0568 e. The summed E-state index contributed by atoms with van der Waals surface area (Å²) in [6.45, 7) is 4.64. The predicted molar refractivity (Wildman–Crippen MR) is 131 cm³/mol. The van der Waals surface area contributed by atoms with Crippen LogP contribution < -0.4 is 0 Å². The van der Waals surface area contributed by atoms with Crippen LogP contribution in [-0.2, 0) is 6.42 Å². The van der Waals surface area contributed by atoms with Crippen LogP contribution in [0, 0.1) is 5.92 Å². The van der Waals surface area contributed by atoms with E-state index in [1.54, 1.807) is 0 Å². The molecule has 0 spiro atoms. The Bertz CT molecular complexity index is 778. The quantitative estimate of drug-likeness (QED) is 0.219. The van der Waals surface area contributed by atoms with Crippen LogP contribution in [0.5, 0.6) is 0 Å². The van der Waals surface area contributed by atoms with Gasteiger partial charge in [-0.05, 0) is 59.8 Å². The zero-order valence-corrected chi connectivity index (χ0v) is 18.9. The first-order valence-electron chi connectivity index (χ1n) is 12.0. The minimum atomic E-state index is 0.740. The van der Waals surface area contributed by atoms with Crippen LogP contribution in [0.25, 0.3) is 0 Å². The number of aryl methyl sites for hydroxylation is 1. The minimum Gasteiger partial charge on any atom is -0.159 e. The SMILES string of the molecule is CCCCCCCc1ccc(C=NN=Cc2ccc([C@H]3CC[C@H](C)CC3)cc2)cc1. The zero-order chi connectivity index (χ0) is 21.0. The molecule has 0 saturated heterocycles. The molecule has 3 rings (SSSR count). The van der Waals surface area contributed by atoms with Gasteiger partial charge in [0, 0.05) is 0 Å². The van der Waals surface area contributed by atoms with E-state index >= 15 is 0 Å². The van der Waals surface area contributed by atoms with E-state index in [1.807, 2.05) is 12.4 Å². The summed E-state index contributed by atoms with van der Waals surface area (Å²) in [4.78, 5) is 0. The van der Waals surface area contributed by atoms with Gasteiger partial charge < -0.3 is 0 Å². The third-order valence-corrected chi connectivity index (χ3v) is 6.45. The molecule has 1 aliphatic carbocycles. The van der Waals surface area contributed by atoms with E-state index in [2.05, 4.69) is 72.6 Å². The Hall–Kier alpha value is -2.22.